The van der Waals surface area contributed by atoms with E-state index >= 15 is 0 Å². The maximum absolute atomic E-state index is 13.6. The molecule has 2 aliphatic carbocycles. The number of hydrogen-bond acceptors (Lipinski definition) is 9. The Bertz CT molecular complexity index is 3050. The highest BCUT2D eigenvalue weighted by molar-refractivity contribution is 6.10. The Morgan fingerprint density at radius 2 is 1.28 bits per heavy atom. The number of carbonyl (C=O) groups excluding carboxylic acids is 1. The highest BCUT2D eigenvalue weighted by Gasteiger charge is 2.25. The number of phenols is 1. The van der Waals surface area contributed by atoms with Crippen LogP contribution in [-0.4, -0.2) is 53.8 Å². The van der Waals surface area contributed by atoms with Gasteiger partial charge in [-0.25, -0.2) is 9.59 Å². The molecule has 0 saturated carbocycles. The van der Waals surface area contributed by atoms with Gasteiger partial charge >= 0.3 is 11.9 Å². The Hall–Kier alpha value is -7.73. The maximum Gasteiger partial charge on any atom is 0.336 e. The number of benzene rings is 6. The van der Waals surface area contributed by atoms with Crippen LogP contribution < -0.4 is 21.0 Å². The standard InChI is InChI=1S/C46H35N3O9/c1-4-47-26-7-13-32-38(19-26)57-39-20-27(49(2)3)8-14-33(39)43(32)31-12-6-25(18-37(31)46(55)56)44(52)48-23-24-5-11-30(36(17-24)45(53)54)42-34-15-9-28(50)21-40(34)58-41-22-29(51)10-16-35(41)42/h5-22,50H,4,23H2,1-3H3,(H,48,52)(H,53,54)(H,55,56)/b47-26-. The average molecular weight is 774 g/mol. The normalized spacial score (nSPS) is 11.7. The summed E-state index contributed by atoms with van der Waals surface area (Å²) in [5.41, 5.74) is 4.83. The Labute approximate surface area is 330 Å². The third-order valence-corrected chi connectivity index (χ3v) is 10.0. The van der Waals surface area contributed by atoms with Crippen molar-refractivity contribution in [2.24, 2.45) is 4.99 Å². The number of nitrogens with zero attached hydrogens (tertiary/aromatic N) is 2. The molecule has 0 atom stereocenters. The van der Waals surface area contributed by atoms with E-state index in [0.717, 1.165) is 11.0 Å². The van der Waals surface area contributed by atoms with Crippen molar-refractivity contribution >= 4 is 45.5 Å². The topological polar surface area (TPSA) is 183 Å². The monoisotopic (exact) mass is 773 g/mol. The van der Waals surface area contributed by atoms with Gasteiger partial charge in [0.15, 0.2) is 5.43 Å². The van der Waals surface area contributed by atoms with Crippen LogP contribution in [0.5, 0.6) is 5.75 Å². The van der Waals surface area contributed by atoms with Crippen LogP contribution in [0.25, 0.3) is 66.8 Å². The number of nitrogens with one attached hydrogen (secondary N) is 1. The largest absolute Gasteiger partial charge is 0.508 e. The summed E-state index contributed by atoms with van der Waals surface area (Å²) in [7, 11) is 3.83. The molecule has 4 aromatic carbocycles. The van der Waals surface area contributed by atoms with E-state index in [-0.39, 0.29) is 45.8 Å². The van der Waals surface area contributed by atoms with Gasteiger partial charge in [-0.15, -0.1) is 0 Å². The minimum absolute atomic E-state index is 0.0660. The van der Waals surface area contributed by atoms with E-state index in [2.05, 4.69) is 10.3 Å². The van der Waals surface area contributed by atoms with E-state index < -0.39 is 17.8 Å². The van der Waals surface area contributed by atoms with Crippen LogP contribution in [0.4, 0.5) is 5.69 Å². The molecule has 58 heavy (non-hydrogen) atoms. The quantitative estimate of drug-likeness (QED) is 0.105. The zero-order valence-corrected chi connectivity index (χ0v) is 31.5. The lowest BCUT2D eigenvalue weighted by atomic mass is 9.89. The van der Waals surface area contributed by atoms with E-state index in [1.54, 1.807) is 36.4 Å². The second-order valence-electron chi connectivity index (χ2n) is 14.0. The van der Waals surface area contributed by atoms with Crippen LogP contribution in [0.3, 0.4) is 0 Å². The zero-order chi connectivity index (χ0) is 40.8. The fraction of sp³-hybridized carbons (Fsp3) is 0.109. The Kier molecular flexibility index (Phi) is 9.45. The molecular formula is C46H35N3O9. The first-order valence-corrected chi connectivity index (χ1v) is 18.3. The second-order valence-corrected chi connectivity index (χ2v) is 14.0. The van der Waals surface area contributed by atoms with Gasteiger partial charge in [0.2, 0.25) is 0 Å². The number of rotatable bonds is 9. The van der Waals surface area contributed by atoms with E-state index in [9.17, 15) is 34.5 Å². The van der Waals surface area contributed by atoms with E-state index in [4.69, 9.17) is 8.83 Å². The number of phenolic OH excluding ortho intramolecular Hbond substituents is 1. The molecule has 0 bridgehead atoms. The fourth-order valence-electron chi connectivity index (χ4n) is 7.33. The minimum atomic E-state index is -1.23. The van der Waals surface area contributed by atoms with Crippen molar-refractivity contribution < 1.29 is 38.5 Å². The molecule has 0 saturated heterocycles. The molecule has 4 aliphatic rings. The van der Waals surface area contributed by atoms with Gasteiger partial charge < -0.3 is 34.4 Å². The van der Waals surface area contributed by atoms with Crippen molar-refractivity contribution in [2.45, 2.75) is 13.5 Å². The number of hydrogen-bond donors (Lipinski definition) is 4. The average Bonchev–Trinajstić information content (AvgIpc) is 3.20. The maximum atomic E-state index is 13.6. The smallest absolute Gasteiger partial charge is 0.336 e. The van der Waals surface area contributed by atoms with Gasteiger partial charge in [-0.2, -0.15) is 0 Å². The Balaban J connectivity index is 1.15. The van der Waals surface area contributed by atoms with Gasteiger partial charge in [-0.3, -0.25) is 14.6 Å². The van der Waals surface area contributed by atoms with Crippen molar-refractivity contribution in [2.75, 3.05) is 25.5 Å². The summed E-state index contributed by atoms with van der Waals surface area (Å²) in [5.74, 6) is -2.34. The molecule has 12 nitrogen and oxygen atoms in total. The molecule has 0 radical (unpaired) electrons. The lowest BCUT2D eigenvalue weighted by Crippen LogP contribution is -2.23. The summed E-state index contributed by atoms with van der Waals surface area (Å²) >= 11 is 0. The Morgan fingerprint density at radius 3 is 1.95 bits per heavy atom. The third kappa shape index (κ3) is 6.76. The Morgan fingerprint density at radius 1 is 0.672 bits per heavy atom. The SMILES string of the molecule is CC/N=c1/ccc2c(-c3ccc(C(=O)NCc4ccc(-c5c6ccc(=O)cc-6oc6cc(O)ccc56)c(C(=O)O)c4)cc3C(=O)O)c3ccc(N(C)C)cc3oc-2c1. The molecule has 8 rings (SSSR count). The number of anilines is 1. The van der Waals surface area contributed by atoms with Crippen LogP contribution in [0, 0.1) is 0 Å². The molecular weight excluding hydrogens is 739 g/mol. The van der Waals surface area contributed by atoms with E-state index in [0.29, 0.717) is 67.6 Å². The molecule has 4 aromatic rings. The third-order valence-electron chi connectivity index (χ3n) is 10.0. The van der Waals surface area contributed by atoms with Gasteiger partial charge in [0.1, 0.15) is 28.4 Å². The molecule has 0 fully saturated rings. The van der Waals surface area contributed by atoms with E-state index in [1.807, 2.05) is 62.3 Å². The number of fused-ring (bicyclic) bond motifs is 4. The molecule has 0 aromatic heterocycles. The highest BCUT2D eigenvalue weighted by atomic mass is 16.4. The summed E-state index contributed by atoms with van der Waals surface area (Å²) in [6.45, 7) is 2.44. The van der Waals surface area contributed by atoms with Gasteiger partial charge in [0.05, 0.1) is 16.5 Å². The van der Waals surface area contributed by atoms with Crippen LogP contribution in [-0.2, 0) is 6.54 Å². The molecule has 2 aliphatic heterocycles. The van der Waals surface area contributed by atoms with Crippen molar-refractivity contribution in [3.63, 3.8) is 0 Å². The first kappa shape index (κ1) is 37.2. The summed E-state index contributed by atoms with van der Waals surface area (Å²) in [6.07, 6.45) is 0. The summed E-state index contributed by atoms with van der Waals surface area (Å²) in [4.78, 5) is 57.9. The molecule has 0 spiro atoms. The van der Waals surface area contributed by atoms with Gasteiger partial charge in [-0.05, 0) is 90.3 Å². The van der Waals surface area contributed by atoms with Gasteiger partial charge in [0, 0.05) is 95.7 Å². The first-order valence-electron chi connectivity index (χ1n) is 18.3. The predicted molar refractivity (Wildman–Crippen MR) is 220 cm³/mol. The number of amides is 1. The first-order chi connectivity index (χ1) is 27.9. The van der Waals surface area contributed by atoms with Gasteiger partial charge in [-0.1, -0.05) is 18.2 Å². The van der Waals surface area contributed by atoms with Crippen LogP contribution in [0.1, 0.15) is 43.6 Å². The molecule has 2 heterocycles. The van der Waals surface area contributed by atoms with Crippen molar-refractivity contribution in [3.05, 3.63) is 147 Å². The molecule has 1 amide bonds. The minimum Gasteiger partial charge on any atom is -0.508 e. The van der Waals surface area contributed by atoms with Crippen molar-refractivity contribution in [1.82, 2.24) is 5.32 Å². The number of carboxylic acids is 2. The lowest BCUT2D eigenvalue weighted by molar-refractivity contribution is 0.0686. The second kappa shape index (κ2) is 14.7. The fourth-order valence-corrected chi connectivity index (χ4v) is 7.33. The summed E-state index contributed by atoms with van der Waals surface area (Å²) in [5, 5.41) is 35.8. The molecule has 12 heteroatoms. The molecule has 4 N–H and O–H groups in total. The van der Waals surface area contributed by atoms with Crippen LogP contribution >= 0.6 is 0 Å². The summed E-state index contributed by atoms with van der Waals surface area (Å²) in [6, 6.07) is 29.2. The molecule has 288 valence electrons. The number of carbonyl (C=O) groups is 3. The number of aromatic hydroxyl groups is 1. The zero-order valence-electron chi connectivity index (χ0n) is 31.5. The lowest BCUT2D eigenvalue weighted by Gasteiger charge is -2.19. The van der Waals surface area contributed by atoms with E-state index in [1.165, 1.54) is 36.4 Å². The number of carboxylic acid groups (broad SMARTS) is 2. The molecule has 0 unspecified atom stereocenters. The van der Waals surface area contributed by atoms with Gasteiger partial charge in [0.25, 0.3) is 5.91 Å². The van der Waals surface area contributed by atoms with Crippen molar-refractivity contribution in [3.8, 4) is 50.7 Å². The summed E-state index contributed by atoms with van der Waals surface area (Å²) < 4.78 is 12.3. The predicted octanol–water partition coefficient (Wildman–Crippen LogP) is 8.10. The highest BCUT2D eigenvalue weighted by Crippen LogP contribution is 2.44. The van der Waals surface area contributed by atoms with Crippen LogP contribution in [0.15, 0.2) is 128 Å². The number of aromatic carboxylic acids is 2. The van der Waals surface area contributed by atoms with Crippen molar-refractivity contribution in [1.29, 1.82) is 0 Å². The van der Waals surface area contributed by atoms with Crippen LogP contribution in [0.2, 0.25) is 0 Å².